The minimum Gasteiger partial charge on any atom is -0.300 e. The Morgan fingerprint density at radius 1 is 1.38 bits per heavy atom. The number of hydrogen-bond donors (Lipinski definition) is 0. The van der Waals surface area contributed by atoms with Crippen LogP contribution in [-0.4, -0.2) is 29.3 Å². The first-order valence-corrected chi connectivity index (χ1v) is 5.02. The van der Waals surface area contributed by atoms with Crippen molar-refractivity contribution in [3.63, 3.8) is 0 Å². The molecule has 0 aliphatic carbocycles. The lowest BCUT2D eigenvalue weighted by Gasteiger charge is -2.33. The molecule has 0 radical (unpaired) electrons. The first-order valence-electron chi connectivity index (χ1n) is 5.02. The van der Waals surface area contributed by atoms with E-state index in [-0.39, 0.29) is 0 Å². The lowest BCUT2D eigenvalue weighted by atomic mass is 10.0. The lowest BCUT2D eigenvalue weighted by molar-refractivity contribution is -0.123. The zero-order valence-electron chi connectivity index (χ0n) is 7.83. The molecule has 0 N–H and O–H groups in total. The zero-order chi connectivity index (χ0) is 9.26. The molecular formula is C11H15NO. The highest BCUT2D eigenvalue weighted by Gasteiger charge is 2.39. The highest BCUT2D eigenvalue weighted by atomic mass is 16.1. The summed E-state index contributed by atoms with van der Waals surface area (Å²) in [6, 6.07) is 1.03. The molecule has 0 saturated carbocycles. The van der Waals surface area contributed by atoms with Gasteiger partial charge in [-0.15, -0.1) is 12.3 Å². The van der Waals surface area contributed by atoms with Crippen LogP contribution in [0.5, 0.6) is 0 Å². The van der Waals surface area contributed by atoms with Crippen molar-refractivity contribution in [1.29, 1.82) is 0 Å². The monoisotopic (exact) mass is 177 g/mol. The Balaban J connectivity index is 1.99. The molecule has 2 atom stereocenters. The number of Topliss-reactive ketones (excluding diaryl/α,β-unsaturated/α-hetero) is 1. The smallest absolute Gasteiger partial charge is 0.136 e. The normalized spacial score (nSPS) is 33.3. The fourth-order valence-electron chi connectivity index (χ4n) is 2.62. The third-order valence-corrected chi connectivity index (χ3v) is 3.21. The van der Waals surface area contributed by atoms with Crippen LogP contribution >= 0.6 is 0 Å². The molecule has 2 aliphatic rings. The fourth-order valence-corrected chi connectivity index (χ4v) is 2.62. The second-order valence-electron chi connectivity index (χ2n) is 4.02. The third-order valence-electron chi connectivity index (χ3n) is 3.21. The first kappa shape index (κ1) is 8.77. The molecule has 2 rings (SSSR count). The van der Waals surface area contributed by atoms with Crippen LogP contribution in [0.15, 0.2) is 0 Å². The molecule has 2 nitrogen and oxygen atoms in total. The number of terminal acetylenes is 1. The fraction of sp³-hybridized carbons (Fsp3) is 0.727. The van der Waals surface area contributed by atoms with Gasteiger partial charge in [0, 0.05) is 37.9 Å². The Bertz CT molecular complexity index is 237. The predicted octanol–water partition coefficient (Wildman–Crippen LogP) is 1.21. The second kappa shape index (κ2) is 3.51. The van der Waals surface area contributed by atoms with Gasteiger partial charge in [0.1, 0.15) is 5.78 Å². The molecule has 2 saturated heterocycles. The number of fused-ring (bicyclic) bond motifs is 2. The van der Waals surface area contributed by atoms with E-state index in [0.717, 1.165) is 25.8 Å². The second-order valence-corrected chi connectivity index (χ2v) is 4.02. The molecule has 2 heterocycles. The van der Waals surface area contributed by atoms with Gasteiger partial charge in [-0.05, 0) is 12.8 Å². The van der Waals surface area contributed by atoms with Crippen LogP contribution in [0.25, 0.3) is 0 Å². The number of rotatable bonds is 2. The van der Waals surface area contributed by atoms with Crippen LogP contribution in [0.2, 0.25) is 0 Å². The number of piperidine rings is 1. The van der Waals surface area contributed by atoms with Crippen molar-refractivity contribution in [2.24, 2.45) is 0 Å². The Kier molecular flexibility index (Phi) is 2.37. The van der Waals surface area contributed by atoms with Crippen molar-refractivity contribution < 1.29 is 4.79 Å². The highest BCUT2D eigenvalue weighted by molar-refractivity contribution is 5.80. The van der Waals surface area contributed by atoms with Gasteiger partial charge in [0.2, 0.25) is 0 Å². The summed E-state index contributed by atoms with van der Waals surface area (Å²) in [5.41, 5.74) is 0. The summed E-state index contributed by atoms with van der Waals surface area (Å²) in [4.78, 5) is 13.7. The van der Waals surface area contributed by atoms with Crippen molar-refractivity contribution in [3.8, 4) is 12.3 Å². The van der Waals surface area contributed by atoms with Crippen molar-refractivity contribution in [2.75, 3.05) is 6.54 Å². The van der Waals surface area contributed by atoms with Gasteiger partial charge in [-0.2, -0.15) is 0 Å². The van der Waals surface area contributed by atoms with Crippen LogP contribution in [0, 0.1) is 12.3 Å². The maximum atomic E-state index is 11.3. The van der Waals surface area contributed by atoms with E-state index in [1.54, 1.807) is 0 Å². The first-order chi connectivity index (χ1) is 6.31. The van der Waals surface area contributed by atoms with Crippen LogP contribution < -0.4 is 0 Å². The van der Waals surface area contributed by atoms with Gasteiger partial charge in [-0.3, -0.25) is 9.69 Å². The van der Waals surface area contributed by atoms with Crippen LogP contribution in [-0.2, 0) is 4.79 Å². The minimum atomic E-state index is 0.449. The van der Waals surface area contributed by atoms with Crippen LogP contribution in [0.4, 0.5) is 0 Å². The van der Waals surface area contributed by atoms with Crippen molar-refractivity contribution in [3.05, 3.63) is 0 Å². The predicted molar refractivity (Wildman–Crippen MR) is 51.2 cm³/mol. The largest absolute Gasteiger partial charge is 0.300 e. The van der Waals surface area contributed by atoms with E-state index >= 15 is 0 Å². The third kappa shape index (κ3) is 1.62. The van der Waals surface area contributed by atoms with Crippen LogP contribution in [0.3, 0.4) is 0 Å². The molecular weight excluding hydrogens is 162 g/mol. The summed E-state index contributed by atoms with van der Waals surface area (Å²) in [6.07, 6.45) is 9.98. The van der Waals surface area contributed by atoms with E-state index in [1.165, 1.54) is 12.8 Å². The summed E-state index contributed by atoms with van der Waals surface area (Å²) >= 11 is 0. The van der Waals surface area contributed by atoms with E-state index < -0.39 is 0 Å². The molecule has 2 bridgehead atoms. The summed E-state index contributed by atoms with van der Waals surface area (Å²) in [7, 11) is 0. The Hall–Kier alpha value is -0.810. The molecule has 70 valence electrons. The van der Waals surface area contributed by atoms with Gasteiger partial charge in [0.15, 0.2) is 0 Å². The summed E-state index contributed by atoms with van der Waals surface area (Å²) in [6.45, 7) is 0.985. The average Bonchev–Trinajstić information content (AvgIpc) is 2.33. The zero-order valence-corrected chi connectivity index (χ0v) is 7.83. The molecule has 0 spiro atoms. The van der Waals surface area contributed by atoms with Crippen molar-refractivity contribution >= 4 is 5.78 Å². The van der Waals surface area contributed by atoms with E-state index in [2.05, 4.69) is 10.8 Å². The Labute approximate surface area is 79.3 Å². The SMILES string of the molecule is C#CCCN1C2CCC1CC(=O)C2. The van der Waals surface area contributed by atoms with Gasteiger partial charge >= 0.3 is 0 Å². The van der Waals surface area contributed by atoms with E-state index in [1.807, 2.05) is 0 Å². The van der Waals surface area contributed by atoms with Crippen LogP contribution in [0.1, 0.15) is 32.1 Å². The number of carbonyl (C=O) groups is 1. The van der Waals surface area contributed by atoms with E-state index in [0.29, 0.717) is 17.9 Å². The van der Waals surface area contributed by atoms with Gasteiger partial charge in [-0.25, -0.2) is 0 Å². The Morgan fingerprint density at radius 3 is 2.54 bits per heavy atom. The standard InChI is InChI=1S/C11H15NO/c1-2-3-6-12-9-4-5-10(12)8-11(13)7-9/h1,9-10H,3-8H2. The van der Waals surface area contributed by atoms with Crippen molar-refractivity contribution in [2.45, 2.75) is 44.2 Å². The number of hydrogen-bond acceptors (Lipinski definition) is 2. The maximum absolute atomic E-state index is 11.3. The van der Waals surface area contributed by atoms with Gasteiger partial charge in [0.05, 0.1) is 0 Å². The molecule has 2 unspecified atom stereocenters. The lowest BCUT2D eigenvalue weighted by Crippen LogP contribution is -2.43. The molecule has 0 aromatic carbocycles. The van der Waals surface area contributed by atoms with E-state index in [9.17, 15) is 4.79 Å². The molecule has 2 fully saturated rings. The number of ketones is 1. The quantitative estimate of drug-likeness (QED) is 0.591. The average molecular weight is 177 g/mol. The highest BCUT2D eigenvalue weighted by Crippen LogP contribution is 2.33. The summed E-state index contributed by atoms with van der Waals surface area (Å²) in [5.74, 6) is 3.12. The number of carbonyl (C=O) groups excluding carboxylic acids is 1. The van der Waals surface area contributed by atoms with Crippen molar-refractivity contribution in [1.82, 2.24) is 4.90 Å². The maximum Gasteiger partial charge on any atom is 0.136 e. The minimum absolute atomic E-state index is 0.449. The molecule has 2 heteroatoms. The molecule has 0 amide bonds. The van der Waals surface area contributed by atoms with Gasteiger partial charge < -0.3 is 0 Å². The topological polar surface area (TPSA) is 20.3 Å². The molecule has 0 aromatic rings. The van der Waals surface area contributed by atoms with E-state index in [4.69, 9.17) is 6.42 Å². The molecule has 0 aromatic heterocycles. The van der Waals surface area contributed by atoms with Gasteiger partial charge in [-0.1, -0.05) is 0 Å². The molecule has 13 heavy (non-hydrogen) atoms. The molecule has 2 aliphatic heterocycles. The summed E-state index contributed by atoms with van der Waals surface area (Å²) < 4.78 is 0. The summed E-state index contributed by atoms with van der Waals surface area (Å²) in [5, 5.41) is 0. The number of nitrogens with zero attached hydrogens (tertiary/aromatic N) is 1. The van der Waals surface area contributed by atoms with Gasteiger partial charge in [0.25, 0.3) is 0 Å². The Morgan fingerprint density at radius 2 is 2.00 bits per heavy atom.